The molecule has 17 heavy (non-hydrogen) atoms. The predicted octanol–water partition coefficient (Wildman–Crippen LogP) is 1.73. The summed E-state index contributed by atoms with van der Waals surface area (Å²) in [5.41, 5.74) is 0.737. The molecule has 1 atom stereocenters. The highest BCUT2D eigenvalue weighted by atomic mass is 19.1. The van der Waals surface area contributed by atoms with E-state index < -0.39 is 23.7 Å². The van der Waals surface area contributed by atoms with Crippen LogP contribution in [0.4, 0.5) is 4.39 Å². The molecule has 1 amide bonds. The second-order valence-electron chi connectivity index (χ2n) is 3.79. The number of carboxylic acid groups (broad SMARTS) is 1. The molecule has 0 aromatic heterocycles. The van der Waals surface area contributed by atoms with Gasteiger partial charge in [-0.25, -0.2) is 9.18 Å². The summed E-state index contributed by atoms with van der Waals surface area (Å²) in [6.07, 6.45) is 0.273. The molecule has 0 saturated heterocycles. The fourth-order valence-corrected chi connectivity index (χ4v) is 1.45. The van der Waals surface area contributed by atoms with E-state index in [0.717, 1.165) is 6.07 Å². The average molecular weight is 239 g/mol. The van der Waals surface area contributed by atoms with E-state index in [-0.39, 0.29) is 12.0 Å². The van der Waals surface area contributed by atoms with Gasteiger partial charge in [-0.3, -0.25) is 4.79 Å². The van der Waals surface area contributed by atoms with Crippen molar-refractivity contribution in [3.63, 3.8) is 0 Å². The molecule has 0 unspecified atom stereocenters. The van der Waals surface area contributed by atoms with E-state index in [0.29, 0.717) is 5.56 Å². The Kier molecular flexibility index (Phi) is 4.20. The zero-order chi connectivity index (χ0) is 13.0. The van der Waals surface area contributed by atoms with Gasteiger partial charge in [-0.2, -0.15) is 0 Å². The van der Waals surface area contributed by atoms with Crippen molar-refractivity contribution in [3.8, 4) is 0 Å². The maximum atomic E-state index is 13.1. The average Bonchev–Trinajstić information content (AvgIpc) is 2.23. The molecule has 92 valence electrons. The van der Waals surface area contributed by atoms with Gasteiger partial charge in [0.1, 0.15) is 11.9 Å². The Bertz CT molecular complexity index is 425. The van der Waals surface area contributed by atoms with Crippen molar-refractivity contribution in [1.29, 1.82) is 0 Å². The van der Waals surface area contributed by atoms with Gasteiger partial charge >= 0.3 is 5.97 Å². The standard InChI is InChI=1S/C12H14FNO3/c1-3-10(12(16)17)14-11(15)8-4-7(2)5-9(13)6-8/h4-6,10H,3H2,1-2H3,(H,14,15)(H,16,17)/t10-/m0/s1. The quantitative estimate of drug-likeness (QED) is 0.840. The highest BCUT2D eigenvalue weighted by Gasteiger charge is 2.18. The summed E-state index contributed by atoms with van der Waals surface area (Å²) < 4.78 is 13.1. The molecule has 1 aromatic carbocycles. The van der Waals surface area contributed by atoms with Crippen LogP contribution >= 0.6 is 0 Å². The topological polar surface area (TPSA) is 66.4 Å². The lowest BCUT2D eigenvalue weighted by atomic mass is 10.1. The largest absolute Gasteiger partial charge is 0.480 e. The molecular formula is C12H14FNO3. The van der Waals surface area contributed by atoms with Crippen molar-refractivity contribution in [3.05, 3.63) is 35.1 Å². The van der Waals surface area contributed by atoms with Crippen LogP contribution in [0.25, 0.3) is 0 Å². The first-order valence-electron chi connectivity index (χ1n) is 5.25. The molecule has 4 nitrogen and oxygen atoms in total. The Morgan fingerprint density at radius 3 is 2.53 bits per heavy atom. The molecule has 0 aliphatic carbocycles. The molecule has 1 aromatic rings. The number of hydrogen-bond donors (Lipinski definition) is 2. The number of carbonyl (C=O) groups excluding carboxylic acids is 1. The summed E-state index contributed by atoms with van der Waals surface area (Å²) in [5.74, 6) is -2.20. The number of carboxylic acids is 1. The molecule has 0 fully saturated rings. The Hall–Kier alpha value is -1.91. The first-order chi connectivity index (χ1) is 7.93. The highest BCUT2D eigenvalue weighted by molar-refractivity contribution is 5.96. The van der Waals surface area contributed by atoms with Crippen LogP contribution in [0.5, 0.6) is 0 Å². The first kappa shape index (κ1) is 13.2. The Morgan fingerprint density at radius 2 is 2.06 bits per heavy atom. The Morgan fingerprint density at radius 1 is 1.41 bits per heavy atom. The molecule has 5 heteroatoms. The third-order valence-corrected chi connectivity index (χ3v) is 2.32. The zero-order valence-corrected chi connectivity index (χ0v) is 9.66. The minimum Gasteiger partial charge on any atom is -0.480 e. The summed E-state index contributed by atoms with van der Waals surface area (Å²) in [4.78, 5) is 22.4. The van der Waals surface area contributed by atoms with E-state index in [9.17, 15) is 14.0 Å². The van der Waals surface area contributed by atoms with Crippen LogP contribution in [0.1, 0.15) is 29.3 Å². The summed E-state index contributed by atoms with van der Waals surface area (Å²) in [7, 11) is 0. The van der Waals surface area contributed by atoms with E-state index in [1.54, 1.807) is 13.8 Å². The first-order valence-corrected chi connectivity index (χ1v) is 5.25. The minimum atomic E-state index is -1.10. The number of aryl methyl sites for hydroxylation is 1. The van der Waals surface area contributed by atoms with Crippen molar-refractivity contribution in [2.24, 2.45) is 0 Å². The van der Waals surface area contributed by atoms with Crippen molar-refractivity contribution < 1.29 is 19.1 Å². The maximum absolute atomic E-state index is 13.1. The van der Waals surface area contributed by atoms with Crippen molar-refractivity contribution >= 4 is 11.9 Å². The lowest BCUT2D eigenvalue weighted by Gasteiger charge is -2.12. The molecule has 1 rings (SSSR count). The van der Waals surface area contributed by atoms with E-state index in [1.807, 2.05) is 0 Å². The van der Waals surface area contributed by atoms with Gasteiger partial charge < -0.3 is 10.4 Å². The molecule has 0 heterocycles. The second-order valence-corrected chi connectivity index (χ2v) is 3.79. The summed E-state index contributed by atoms with van der Waals surface area (Å²) in [6.45, 7) is 3.31. The highest BCUT2D eigenvalue weighted by Crippen LogP contribution is 2.08. The number of hydrogen-bond acceptors (Lipinski definition) is 2. The fourth-order valence-electron chi connectivity index (χ4n) is 1.45. The van der Waals surface area contributed by atoms with Gasteiger partial charge in [0.15, 0.2) is 0 Å². The number of amides is 1. The lowest BCUT2D eigenvalue weighted by Crippen LogP contribution is -2.40. The minimum absolute atomic E-state index is 0.127. The molecule has 0 spiro atoms. The molecule has 0 aliphatic rings. The molecule has 0 radical (unpaired) electrons. The van der Waals surface area contributed by atoms with Gasteiger partial charge in [0.05, 0.1) is 0 Å². The number of aliphatic carboxylic acids is 1. The third kappa shape index (κ3) is 3.55. The zero-order valence-electron chi connectivity index (χ0n) is 9.66. The van der Waals surface area contributed by atoms with Crippen LogP contribution < -0.4 is 5.32 Å². The van der Waals surface area contributed by atoms with E-state index in [1.165, 1.54) is 12.1 Å². The fraction of sp³-hybridized carbons (Fsp3) is 0.333. The summed E-state index contributed by atoms with van der Waals surface area (Å²) in [6, 6.07) is 2.93. The normalized spacial score (nSPS) is 11.9. The monoisotopic (exact) mass is 239 g/mol. The van der Waals surface area contributed by atoms with Crippen molar-refractivity contribution in [2.45, 2.75) is 26.3 Å². The second kappa shape index (κ2) is 5.43. The predicted molar refractivity (Wildman–Crippen MR) is 60.3 cm³/mol. The van der Waals surface area contributed by atoms with Crippen LogP contribution in [0, 0.1) is 12.7 Å². The van der Waals surface area contributed by atoms with E-state index in [2.05, 4.69) is 5.32 Å². The Balaban J connectivity index is 2.86. The van der Waals surface area contributed by atoms with Crippen LogP contribution in [-0.4, -0.2) is 23.0 Å². The van der Waals surface area contributed by atoms with Crippen LogP contribution in [0.2, 0.25) is 0 Å². The molecule has 2 N–H and O–H groups in total. The third-order valence-electron chi connectivity index (χ3n) is 2.32. The number of benzene rings is 1. The SMILES string of the molecule is CC[C@H](NC(=O)c1cc(C)cc(F)c1)C(=O)O. The van der Waals surface area contributed by atoms with Gasteiger partial charge in [-0.05, 0) is 37.1 Å². The van der Waals surface area contributed by atoms with Gasteiger partial charge in [0.2, 0.25) is 0 Å². The molecular weight excluding hydrogens is 225 g/mol. The van der Waals surface area contributed by atoms with Gasteiger partial charge in [-0.1, -0.05) is 6.92 Å². The summed E-state index contributed by atoms with van der Waals surface area (Å²) in [5, 5.41) is 11.1. The van der Waals surface area contributed by atoms with Crippen LogP contribution in [0.3, 0.4) is 0 Å². The number of nitrogens with one attached hydrogen (secondary N) is 1. The Labute approximate surface area is 98.5 Å². The van der Waals surface area contributed by atoms with Crippen LogP contribution in [-0.2, 0) is 4.79 Å². The summed E-state index contributed by atoms with van der Waals surface area (Å²) >= 11 is 0. The molecule has 0 bridgehead atoms. The van der Waals surface area contributed by atoms with Crippen LogP contribution in [0.15, 0.2) is 18.2 Å². The van der Waals surface area contributed by atoms with Crippen molar-refractivity contribution in [1.82, 2.24) is 5.32 Å². The van der Waals surface area contributed by atoms with Crippen molar-refractivity contribution in [2.75, 3.05) is 0 Å². The number of rotatable bonds is 4. The molecule has 0 saturated carbocycles. The smallest absolute Gasteiger partial charge is 0.326 e. The van der Waals surface area contributed by atoms with Gasteiger partial charge in [-0.15, -0.1) is 0 Å². The number of halogens is 1. The maximum Gasteiger partial charge on any atom is 0.326 e. The molecule has 0 aliphatic heterocycles. The van der Waals surface area contributed by atoms with Gasteiger partial charge in [0, 0.05) is 5.56 Å². The number of carbonyl (C=O) groups is 2. The van der Waals surface area contributed by atoms with E-state index in [4.69, 9.17) is 5.11 Å². The van der Waals surface area contributed by atoms with E-state index >= 15 is 0 Å². The van der Waals surface area contributed by atoms with Gasteiger partial charge in [0.25, 0.3) is 5.91 Å². The lowest BCUT2D eigenvalue weighted by molar-refractivity contribution is -0.139.